The molecule has 2 aromatic heterocycles. The summed E-state index contributed by atoms with van der Waals surface area (Å²) in [6, 6.07) is 25.1. The number of hydrogen-bond acceptors (Lipinski definition) is 6. The molecule has 8 heteroatoms. The minimum Gasteiger partial charge on any atom is -0.463 e. The highest BCUT2D eigenvalue weighted by Gasteiger charge is 2.35. The van der Waals surface area contributed by atoms with E-state index < -0.39 is 12.0 Å². The molecule has 6 rings (SSSR count). The highest BCUT2D eigenvalue weighted by Crippen LogP contribution is 2.35. The molecule has 0 spiro atoms. The quantitative estimate of drug-likeness (QED) is 0.185. The Morgan fingerprint density at radius 3 is 2.46 bits per heavy atom. The number of carbonyl (C=O) groups is 1. The fraction of sp³-hybridized carbons (Fsp3) is 0.182. The zero-order valence-electron chi connectivity index (χ0n) is 23.0. The van der Waals surface area contributed by atoms with E-state index in [1.54, 1.807) is 23.3 Å². The number of ether oxygens (including phenoxy) is 1. The van der Waals surface area contributed by atoms with Crippen LogP contribution in [0.2, 0.25) is 0 Å². The first-order chi connectivity index (χ1) is 20.0. The number of thiazole rings is 1. The van der Waals surface area contributed by atoms with Crippen LogP contribution < -0.4 is 14.9 Å². The van der Waals surface area contributed by atoms with Crippen molar-refractivity contribution in [2.24, 2.45) is 4.99 Å². The lowest BCUT2D eigenvalue weighted by Gasteiger charge is -2.26. The van der Waals surface area contributed by atoms with Gasteiger partial charge in [-0.2, -0.15) is 0 Å². The maximum Gasteiger partial charge on any atom is 0.338 e. The summed E-state index contributed by atoms with van der Waals surface area (Å²) in [6.45, 7) is 4.93. The number of esters is 1. The Balaban J connectivity index is 1.64. The van der Waals surface area contributed by atoms with Crippen molar-refractivity contribution in [3.05, 3.63) is 127 Å². The average Bonchev–Trinajstić information content (AvgIpc) is 3.53. The predicted molar refractivity (Wildman–Crippen MR) is 167 cm³/mol. The fourth-order valence-corrected chi connectivity index (χ4v) is 6.74. The largest absolute Gasteiger partial charge is 0.463 e. The standard InChI is InChI=1S/C33H29N3O3S2/c1-4-35-20-23(25-13-9-10-14-26(25)35)19-27-31(37)36-30(22-15-17-24(40-3)18-16-22)28(32(38)39-5-2)29(34-33(36)41-27)21-11-7-6-8-12-21/h6-20,30H,4-5H2,1-3H3/b27-19-/t30-/m0/s1. The van der Waals surface area contributed by atoms with Gasteiger partial charge in [0, 0.05) is 39.7 Å². The van der Waals surface area contributed by atoms with Crippen LogP contribution in [-0.4, -0.2) is 28.0 Å². The summed E-state index contributed by atoms with van der Waals surface area (Å²) in [5.41, 5.74) is 4.41. The number of hydrogen-bond donors (Lipinski definition) is 0. The normalized spacial score (nSPS) is 15.2. The highest BCUT2D eigenvalue weighted by molar-refractivity contribution is 7.98. The Hall–Kier alpha value is -4.14. The Morgan fingerprint density at radius 1 is 1.02 bits per heavy atom. The molecule has 1 aliphatic rings. The monoisotopic (exact) mass is 579 g/mol. The van der Waals surface area contributed by atoms with Gasteiger partial charge in [-0.3, -0.25) is 9.36 Å². The van der Waals surface area contributed by atoms with Crippen molar-refractivity contribution in [2.75, 3.05) is 12.9 Å². The number of benzene rings is 3. The Morgan fingerprint density at radius 2 is 1.76 bits per heavy atom. The number of rotatable bonds is 7. The predicted octanol–water partition coefficient (Wildman–Crippen LogP) is 5.63. The van der Waals surface area contributed by atoms with Crippen LogP contribution in [0.25, 0.3) is 22.7 Å². The summed E-state index contributed by atoms with van der Waals surface area (Å²) in [5.74, 6) is -0.477. The van der Waals surface area contributed by atoms with Crippen molar-refractivity contribution in [2.45, 2.75) is 31.3 Å². The molecule has 0 unspecified atom stereocenters. The van der Waals surface area contributed by atoms with Crippen LogP contribution in [0.1, 0.15) is 36.6 Å². The minimum atomic E-state index is -0.685. The van der Waals surface area contributed by atoms with Gasteiger partial charge in [-0.25, -0.2) is 9.79 Å². The van der Waals surface area contributed by atoms with Crippen LogP contribution >= 0.6 is 23.1 Å². The van der Waals surface area contributed by atoms with Gasteiger partial charge in [-0.05, 0) is 49.9 Å². The summed E-state index contributed by atoms with van der Waals surface area (Å²) in [5, 5.41) is 1.08. The minimum absolute atomic E-state index is 0.185. The van der Waals surface area contributed by atoms with Crippen LogP contribution in [-0.2, 0) is 16.1 Å². The van der Waals surface area contributed by atoms with Gasteiger partial charge in [0.2, 0.25) is 0 Å². The maximum absolute atomic E-state index is 14.2. The van der Waals surface area contributed by atoms with Crippen molar-refractivity contribution in [1.29, 1.82) is 0 Å². The summed E-state index contributed by atoms with van der Waals surface area (Å²) >= 11 is 2.98. The van der Waals surface area contributed by atoms with E-state index >= 15 is 0 Å². The van der Waals surface area contributed by atoms with E-state index in [0.29, 0.717) is 20.6 Å². The van der Waals surface area contributed by atoms with Gasteiger partial charge in [-0.1, -0.05) is 72.0 Å². The molecule has 6 nitrogen and oxygen atoms in total. The third-order valence-corrected chi connectivity index (χ3v) is 8.98. The molecule has 1 atom stereocenters. The summed E-state index contributed by atoms with van der Waals surface area (Å²) in [6.07, 6.45) is 6.05. The highest BCUT2D eigenvalue weighted by atomic mass is 32.2. The lowest BCUT2D eigenvalue weighted by Crippen LogP contribution is -2.40. The molecular weight excluding hydrogens is 551 g/mol. The number of aromatic nitrogens is 2. The molecular formula is C33H29N3O3S2. The van der Waals surface area contributed by atoms with Gasteiger partial charge in [0.1, 0.15) is 0 Å². The van der Waals surface area contributed by atoms with Gasteiger partial charge >= 0.3 is 5.97 Å². The van der Waals surface area contributed by atoms with Crippen LogP contribution in [0.3, 0.4) is 0 Å². The van der Waals surface area contributed by atoms with Crippen LogP contribution in [0.4, 0.5) is 0 Å². The second-order valence-corrected chi connectivity index (χ2v) is 11.5. The molecule has 0 fully saturated rings. The lowest BCUT2D eigenvalue weighted by atomic mass is 9.93. The Labute approximate surface area is 245 Å². The molecule has 1 aliphatic heterocycles. The third kappa shape index (κ3) is 4.87. The zero-order chi connectivity index (χ0) is 28.5. The van der Waals surface area contributed by atoms with E-state index in [2.05, 4.69) is 29.8 Å². The molecule has 5 aromatic rings. The number of fused-ring (bicyclic) bond motifs is 2. The molecule has 41 heavy (non-hydrogen) atoms. The van der Waals surface area contributed by atoms with Crippen molar-refractivity contribution in [3.63, 3.8) is 0 Å². The molecule has 0 aliphatic carbocycles. The van der Waals surface area contributed by atoms with E-state index in [1.165, 1.54) is 11.3 Å². The van der Waals surface area contributed by atoms with E-state index in [9.17, 15) is 9.59 Å². The van der Waals surface area contributed by atoms with Crippen LogP contribution in [0.15, 0.2) is 105 Å². The first-order valence-electron chi connectivity index (χ1n) is 13.5. The Kier molecular flexibility index (Phi) is 7.51. The molecule has 206 valence electrons. The summed E-state index contributed by atoms with van der Waals surface area (Å²) in [4.78, 5) is 34.4. The summed E-state index contributed by atoms with van der Waals surface area (Å²) < 4.78 is 9.96. The van der Waals surface area contributed by atoms with Gasteiger partial charge in [0.05, 0.1) is 28.5 Å². The lowest BCUT2D eigenvalue weighted by molar-refractivity contribution is -0.138. The molecule has 0 N–H and O–H groups in total. The van der Waals surface area contributed by atoms with Crippen LogP contribution in [0, 0.1) is 0 Å². The third-order valence-electron chi connectivity index (χ3n) is 7.25. The van der Waals surface area contributed by atoms with Crippen molar-refractivity contribution in [1.82, 2.24) is 9.13 Å². The van der Waals surface area contributed by atoms with Crippen molar-refractivity contribution < 1.29 is 9.53 Å². The zero-order valence-corrected chi connectivity index (χ0v) is 24.7. The molecule has 3 aromatic carbocycles. The summed E-state index contributed by atoms with van der Waals surface area (Å²) in [7, 11) is 0. The molecule has 0 radical (unpaired) electrons. The smallest absolute Gasteiger partial charge is 0.338 e. The second-order valence-electron chi connectivity index (χ2n) is 9.59. The van der Waals surface area contributed by atoms with Crippen molar-refractivity contribution >= 4 is 51.7 Å². The van der Waals surface area contributed by atoms with E-state index in [0.717, 1.165) is 39.0 Å². The molecule has 3 heterocycles. The van der Waals surface area contributed by atoms with E-state index in [4.69, 9.17) is 9.73 Å². The van der Waals surface area contributed by atoms with Gasteiger partial charge in [-0.15, -0.1) is 11.8 Å². The number of carbonyl (C=O) groups excluding carboxylic acids is 1. The number of nitrogens with zero attached hydrogens (tertiary/aromatic N) is 3. The van der Waals surface area contributed by atoms with Gasteiger partial charge in [0.15, 0.2) is 4.80 Å². The Bertz CT molecular complexity index is 1970. The average molecular weight is 580 g/mol. The SMILES string of the molecule is CCOC(=O)C1=C(c2ccccc2)N=c2s/c(=C\c3cn(CC)c4ccccc34)c(=O)n2[C@H]1c1ccc(SC)cc1. The fourth-order valence-electron chi connectivity index (χ4n) is 5.34. The number of aryl methyl sites for hydroxylation is 1. The van der Waals surface area contributed by atoms with Gasteiger partial charge in [0.25, 0.3) is 5.56 Å². The molecule has 0 saturated carbocycles. The van der Waals surface area contributed by atoms with Gasteiger partial charge < -0.3 is 9.30 Å². The first-order valence-corrected chi connectivity index (χ1v) is 15.6. The molecule has 0 saturated heterocycles. The first kappa shape index (κ1) is 27.1. The topological polar surface area (TPSA) is 65.6 Å². The van der Waals surface area contributed by atoms with E-state index in [1.807, 2.05) is 79.1 Å². The number of para-hydroxylation sites is 1. The maximum atomic E-state index is 14.2. The van der Waals surface area contributed by atoms with E-state index in [-0.39, 0.29) is 12.2 Å². The second kappa shape index (κ2) is 11.4. The molecule has 0 amide bonds. The van der Waals surface area contributed by atoms with Crippen molar-refractivity contribution in [3.8, 4) is 0 Å². The number of thioether (sulfide) groups is 1. The molecule has 0 bridgehead atoms. The van der Waals surface area contributed by atoms with Crippen LogP contribution in [0.5, 0.6) is 0 Å².